The summed E-state index contributed by atoms with van der Waals surface area (Å²) in [6, 6.07) is 20.1. The normalized spacial score (nSPS) is 12.1. The molecule has 3 aromatic carbocycles. The van der Waals surface area contributed by atoms with Gasteiger partial charge in [-0.15, -0.1) is 0 Å². The summed E-state index contributed by atoms with van der Waals surface area (Å²) in [5.41, 5.74) is 18.0. The standard InChI is InChI=1S/C36H52Br2N8O2/c1-43(2)19-21-47-35-15-9-27(23-31(35)37)7-5-17-45(41)25-33(39)29-11-13-30(14-12-29)34(40)26-46(42)18-6-8-28-10-16-36(32(38)24-28)48-22-20-44(3)4/h9-16,23-26H,5-8,17-22,39-42H2,1-4H3/b33-25-,34-26-. The highest BCUT2D eigenvalue weighted by Crippen LogP contribution is 2.27. The maximum atomic E-state index is 6.36. The van der Waals surface area contributed by atoms with Gasteiger partial charge in [-0.05, 0) is 132 Å². The SMILES string of the molecule is CN(C)CCOc1ccc(CCCN(N)/C=C(\N)c2ccc(/C(N)=C/N(N)CCCc3ccc(OCCN(C)C)c(Br)c3)cc2)cc1Br. The molecule has 0 fully saturated rings. The first-order chi connectivity index (χ1) is 22.9. The summed E-state index contributed by atoms with van der Waals surface area (Å²) in [5, 5.41) is 3.26. The number of likely N-dealkylation sites (N-methyl/N-ethyl adjacent to an activating group) is 2. The van der Waals surface area contributed by atoms with Gasteiger partial charge in [-0.2, -0.15) is 0 Å². The van der Waals surface area contributed by atoms with Crippen molar-refractivity contribution < 1.29 is 9.47 Å². The Kier molecular flexibility index (Phi) is 16.6. The molecule has 8 N–H and O–H groups in total. The van der Waals surface area contributed by atoms with E-state index < -0.39 is 0 Å². The summed E-state index contributed by atoms with van der Waals surface area (Å²) >= 11 is 7.25. The van der Waals surface area contributed by atoms with E-state index in [1.54, 1.807) is 22.4 Å². The van der Waals surface area contributed by atoms with Crippen molar-refractivity contribution in [2.24, 2.45) is 23.2 Å². The van der Waals surface area contributed by atoms with Crippen molar-refractivity contribution >= 4 is 43.3 Å². The molecule has 0 aliphatic heterocycles. The average Bonchev–Trinajstić information content (AvgIpc) is 3.02. The minimum absolute atomic E-state index is 0.578. The zero-order valence-electron chi connectivity index (χ0n) is 28.7. The Morgan fingerprint density at radius 3 is 1.31 bits per heavy atom. The fourth-order valence-corrected chi connectivity index (χ4v) is 5.81. The Labute approximate surface area is 303 Å². The smallest absolute Gasteiger partial charge is 0.133 e. The number of benzene rings is 3. The van der Waals surface area contributed by atoms with Crippen molar-refractivity contribution in [3.05, 3.63) is 104 Å². The molecule has 0 aliphatic carbocycles. The molecule has 12 heteroatoms. The van der Waals surface area contributed by atoms with Gasteiger partial charge in [0.25, 0.3) is 0 Å². The van der Waals surface area contributed by atoms with Crippen LogP contribution in [0.4, 0.5) is 0 Å². The lowest BCUT2D eigenvalue weighted by Crippen LogP contribution is -2.28. The largest absolute Gasteiger partial charge is 0.491 e. The lowest BCUT2D eigenvalue weighted by atomic mass is 10.1. The van der Waals surface area contributed by atoms with Crippen LogP contribution < -0.4 is 32.6 Å². The third-order valence-corrected chi connectivity index (χ3v) is 8.75. The molecule has 3 rings (SSSR count). The predicted molar refractivity (Wildman–Crippen MR) is 206 cm³/mol. The molecule has 0 spiro atoms. The minimum atomic E-state index is 0.578. The summed E-state index contributed by atoms with van der Waals surface area (Å²) in [4.78, 5) is 4.18. The first kappa shape index (κ1) is 39.2. The lowest BCUT2D eigenvalue weighted by Gasteiger charge is -2.16. The topological polar surface area (TPSA) is 136 Å². The molecular formula is C36H52Br2N8O2. The summed E-state index contributed by atoms with van der Waals surface area (Å²) in [7, 11) is 8.11. The lowest BCUT2D eigenvalue weighted by molar-refractivity contribution is 0.260. The minimum Gasteiger partial charge on any atom is -0.491 e. The van der Waals surface area contributed by atoms with Gasteiger partial charge in [0.1, 0.15) is 24.7 Å². The molecule has 262 valence electrons. The van der Waals surface area contributed by atoms with Gasteiger partial charge in [0.2, 0.25) is 0 Å². The van der Waals surface area contributed by atoms with E-state index in [9.17, 15) is 0 Å². The highest BCUT2D eigenvalue weighted by Gasteiger charge is 2.07. The van der Waals surface area contributed by atoms with Gasteiger partial charge >= 0.3 is 0 Å². The number of aryl methyl sites for hydroxylation is 2. The third kappa shape index (κ3) is 14.1. The first-order valence-electron chi connectivity index (χ1n) is 16.1. The third-order valence-electron chi connectivity index (χ3n) is 7.51. The van der Waals surface area contributed by atoms with E-state index >= 15 is 0 Å². The van der Waals surface area contributed by atoms with Crippen LogP contribution in [-0.4, -0.2) is 87.4 Å². The molecule has 0 radical (unpaired) electrons. The maximum Gasteiger partial charge on any atom is 0.133 e. The summed E-state index contributed by atoms with van der Waals surface area (Å²) in [5.74, 6) is 14.2. The van der Waals surface area contributed by atoms with Gasteiger partial charge in [0.15, 0.2) is 0 Å². The van der Waals surface area contributed by atoms with Crippen LogP contribution in [0.5, 0.6) is 11.5 Å². The van der Waals surface area contributed by atoms with Gasteiger partial charge in [-0.25, -0.2) is 11.7 Å². The fourth-order valence-electron chi connectivity index (χ4n) is 4.73. The highest BCUT2D eigenvalue weighted by molar-refractivity contribution is 9.10. The molecule has 10 nitrogen and oxygen atoms in total. The van der Waals surface area contributed by atoms with Crippen LogP contribution in [0, 0.1) is 0 Å². The van der Waals surface area contributed by atoms with Gasteiger partial charge < -0.3 is 40.8 Å². The Balaban J connectivity index is 1.42. The van der Waals surface area contributed by atoms with Gasteiger partial charge in [0, 0.05) is 38.6 Å². The Morgan fingerprint density at radius 1 is 0.604 bits per heavy atom. The van der Waals surface area contributed by atoms with Crippen molar-refractivity contribution in [1.82, 2.24) is 19.8 Å². The van der Waals surface area contributed by atoms with Crippen LogP contribution in [0.1, 0.15) is 35.1 Å². The molecule has 3 aromatic rings. The number of hydrogen-bond acceptors (Lipinski definition) is 10. The number of hydrogen-bond donors (Lipinski definition) is 4. The van der Waals surface area contributed by atoms with Gasteiger partial charge in [0.05, 0.1) is 20.3 Å². The Hall–Kier alpha value is -3.26. The maximum absolute atomic E-state index is 6.36. The number of hydrazine groups is 2. The van der Waals surface area contributed by atoms with E-state index in [1.807, 2.05) is 64.6 Å². The molecule has 0 heterocycles. The van der Waals surface area contributed by atoms with E-state index in [2.05, 4.69) is 65.9 Å². The predicted octanol–water partition coefficient (Wildman–Crippen LogP) is 5.22. The molecule has 0 saturated heterocycles. The van der Waals surface area contributed by atoms with Crippen molar-refractivity contribution in [2.75, 3.05) is 67.6 Å². The molecule has 0 unspecified atom stereocenters. The van der Waals surface area contributed by atoms with E-state index in [4.69, 9.17) is 32.6 Å². The molecule has 0 aliphatic rings. The van der Waals surface area contributed by atoms with Crippen molar-refractivity contribution in [2.45, 2.75) is 25.7 Å². The number of nitrogens with zero attached hydrogens (tertiary/aromatic N) is 4. The molecule has 48 heavy (non-hydrogen) atoms. The molecule has 0 aromatic heterocycles. The second-order valence-corrected chi connectivity index (χ2v) is 14.0. The summed E-state index contributed by atoms with van der Waals surface area (Å²) in [6.07, 6.45) is 7.04. The van der Waals surface area contributed by atoms with Crippen LogP contribution >= 0.6 is 31.9 Å². The van der Waals surface area contributed by atoms with E-state index in [0.717, 1.165) is 70.3 Å². The molecule has 0 amide bonds. The number of ether oxygens (including phenoxy) is 2. The van der Waals surface area contributed by atoms with Crippen LogP contribution in [-0.2, 0) is 12.8 Å². The van der Waals surface area contributed by atoms with Crippen LogP contribution in [0.25, 0.3) is 11.4 Å². The highest BCUT2D eigenvalue weighted by atomic mass is 79.9. The summed E-state index contributed by atoms with van der Waals surface area (Å²) in [6.45, 7) is 4.34. The van der Waals surface area contributed by atoms with Crippen molar-refractivity contribution in [1.29, 1.82) is 0 Å². The van der Waals surface area contributed by atoms with Gasteiger partial charge in [-0.3, -0.25) is 0 Å². The quantitative estimate of drug-likeness (QED) is 0.0892. The Bertz CT molecular complexity index is 1370. The Morgan fingerprint density at radius 2 is 0.979 bits per heavy atom. The van der Waals surface area contributed by atoms with E-state index in [1.165, 1.54) is 11.1 Å². The number of nitrogens with two attached hydrogens (primary N) is 4. The van der Waals surface area contributed by atoms with Crippen LogP contribution in [0.15, 0.2) is 82.0 Å². The van der Waals surface area contributed by atoms with E-state index in [0.29, 0.717) is 37.7 Å². The zero-order valence-corrected chi connectivity index (χ0v) is 31.8. The number of rotatable bonds is 20. The second-order valence-electron chi connectivity index (χ2n) is 12.3. The second kappa shape index (κ2) is 20.3. The van der Waals surface area contributed by atoms with Gasteiger partial charge in [-0.1, -0.05) is 36.4 Å². The first-order valence-corrected chi connectivity index (χ1v) is 17.7. The molecule has 0 bridgehead atoms. The zero-order chi connectivity index (χ0) is 35.1. The van der Waals surface area contributed by atoms with E-state index in [-0.39, 0.29) is 0 Å². The van der Waals surface area contributed by atoms with Crippen molar-refractivity contribution in [3.63, 3.8) is 0 Å². The van der Waals surface area contributed by atoms with Crippen LogP contribution in [0.3, 0.4) is 0 Å². The molecule has 0 atom stereocenters. The molecular weight excluding hydrogens is 736 g/mol. The molecule has 0 saturated carbocycles. The monoisotopic (exact) mass is 786 g/mol. The van der Waals surface area contributed by atoms with Crippen LogP contribution in [0.2, 0.25) is 0 Å². The average molecular weight is 789 g/mol. The number of halogens is 2. The summed E-state index contributed by atoms with van der Waals surface area (Å²) < 4.78 is 13.6. The fraction of sp³-hybridized carbons (Fsp3) is 0.389. The van der Waals surface area contributed by atoms with Crippen molar-refractivity contribution in [3.8, 4) is 11.5 Å².